The number of benzene rings is 1. The first-order chi connectivity index (χ1) is 10.1. The van der Waals surface area contributed by atoms with Gasteiger partial charge in [-0.05, 0) is 18.6 Å². The van der Waals surface area contributed by atoms with E-state index < -0.39 is 10.0 Å². The lowest BCUT2D eigenvalue weighted by Gasteiger charge is -2.12. The van der Waals surface area contributed by atoms with Crippen LogP contribution in [0.3, 0.4) is 0 Å². The van der Waals surface area contributed by atoms with Gasteiger partial charge in [0.15, 0.2) is 6.33 Å². The molecule has 0 aliphatic carbocycles. The number of rotatable bonds is 8. The largest absolute Gasteiger partial charge is 0.383 e. The standard InChI is InChI=1S/C13H18N4O3S/c1-2-8-17-21(18,19)12-6-4-3-5-11(12)14-9-7-13-15-10-16-20-13/h3-6,10,14,17H,2,7-9H2,1H3. The lowest BCUT2D eigenvalue weighted by molar-refractivity contribution is 0.380. The Morgan fingerprint density at radius 3 is 2.76 bits per heavy atom. The lowest BCUT2D eigenvalue weighted by atomic mass is 10.3. The molecule has 1 aromatic heterocycles. The highest BCUT2D eigenvalue weighted by Crippen LogP contribution is 2.20. The van der Waals surface area contributed by atoms with Gasteiger partial charge in [0.05, 0.1) is 5.69 Å². The summed E-state index contributed by atoms with van der Waals surface area (Å²) in [4.78, 5) is 4.15. The summed E-state index contributed by atoms with van der Waals surface area (Å²) in [6, 6.07) is 6.79. The quantitative estimate of drug-likeness (QED) is 0.765. The molecule has 1 heterocycles. The summed E-state index contributed by atoms with van der Waals surface area (Å²) in [5.74, 6) is 0.506. The van der Waals surface area contributed by atoms with Gasteiger partial charge in [-0.3, -0.25) is 0 Å². The number of nitrogens with zero attached hydrogens (tertiary/aromatic N) is 2. The minimum absolute atomic E-state index is 0.240. The summed E-state index contributed by atoms with van der Waals surface area (Å²) >= 11 is 0. The number of nitrogens with one attached hydrogen (secondary N) is 2. The van der Waals surface area contributed by atoms with Gasteiger partial charge in [0.2, 0.25) is 15.9 Å². The number of hydrogen-bond donors (Lipinski definition) is 2. The average molecular weight is 310 g/mol. The Bertz CT molecular complexity index is 656. The van der Waals surface area contributed by atoms with E-state index in [9.17, 15) is 8.42 Å². The Morgan fingerprint density at radius 2 is 2.05 bits per heavy atom. The van der Waals surface area contributed by atoms with E-state index in [1.807, 2.05) is 6.92 Å². The maximum atomic E-state index is 12.2. The molecule has 0 radical (unpaired) electrons. The minimum atomic E-state index is -3.50. The van der Waals surface area contributed by atoms with Crippen LogP contribution in [0.5, 0.6) is 0 Å². The topological polar surface area (TPSA) is 97.1 Å². The van der Waals surface area contributed by atoms with E-state index in [1.165, 1.54) is 6.33 Å². The minimum Gasteiger partial charge on any atom is -0.383 e. The molecule has 0 unspecified atom stereocenters. The summed E-state index contributed by atoms with van der Waals surface area (Å²) in [6.45, 7) is 2.83. The molecular weight excluding hydrogens is 292 g/mol. The van der Waals surface area contributed by atoms with Crippen LogP contribution in [-0.2, 0) is 16.4 Å². The van der Waals surface area contributed by atoms with Gasteiger partial charge in [0, 0.05) is 19.5 Å². The van der Waals surface area contributed by atoms with E-state index in [-0.39, 0.29) is 4.90 Å². The van der Waals surface area contributed by atoms with Crippen LogP contribution in [0.4, 0.5) is 5.69 Å². The maximum Gasteiger partial charge on any atom is 0.242 e. The maximum absolute atomic E-state index is 12.2. The molecule has 0 amide bonds. The summed E-state index contributed by atoms with van der Waals surface area (Å²) in [5, 5.41) is 6.61. The first-order valence-corrected chi connectivity index (χ1v) is 8.20. The SMILES string of the molecule is CCCNS(=O)(=O)c1ccccc1NCCc1ncno1. The lowest BCUT2D eigenvalue weighted by Crippen LogP contribution is -2.25. The predicted octanol–water partition coefficient (Wildman–Crippen LogP) is 1.41. The number of anilines is 1. The van der Waals surface area contributed by atoms with Crippen LogP contribution < -0.4 is 10.0 Å². The predicted molar refractivity (Wildman–Crippen MR) is 78.4 cm³/mol. The zero-order valence-corrected chi connectivity index (χ0v) is 12.6. The van der Waals surface area contributed by atoms with Crippen LogP contribution in [0, 0.1) is 0 Å². The van der Waals surface area contributed by atoms with Crippen molar-refractivity contribution >= 4 is 15.7 Å². The van der Waals surface area contributed by atoms with Crippen molar-refractivity contribution in [3.63, 3.8) is 0 Å². The molecule has 0 bridgehead atoms. The van der Waals surface area contributed by atoms with Gasteiger partial charge in [0.25, 0.3) is 0 Å². The molecule has 0 saturated carbocycles. The molecule has 21 heavy (non-hydrogen) atoms. The van der Waals surface area contributed by atoms with Gasteiger partial charge in [0.1, 0.15) is 4.90 Å². The number of aromatic nitrogens is 2. The van der Waals surface area contributed by atoms with E-state index in [2.05, 4.69) is 20.2 Å². The third-order valence-electron chi connectivity index (χ3n) is 2.78. The van der Waals surface area contributed by atoms with E-state index in [1.54, 1.807) is 24.3 Å². The van der Waals surface area contributed by atoms with E-state index in [0.29, 0.717) is 31.1 Å². The summed E-state index contributed by atoms with van der Waals surface area (Å²) in [7, 11) is -3.50. The van der Waals surface area contributed by atoms with Gasteiger partial charge >= 0.3 is 0 Å². The fourth-order valence-electron chi connectivity index (χ4n) is 1.77. The second-order valence-electron chi connectivity index (χ2n) is 4.41. The second-order valence-corrected chi connectivity index (χ2v) is 6.14. The number of para-hydroxylation sites is 1. The van der Waals surface area contributed by atoms with E-state index in [0.717, 1.165) is 6.42 Å². The third kappa shape index (κ3) is 4.27. The molecule has 1 aromatic carbocycles. The van der Waals surface area contributed by atoms with Gasteiger partial charge in [-0.2, -0.15) is 4.98 Å². The molecule has 2 N–H and O–H groups in total. The van der Waals surface area contributed by atoms with E-state index in [4.69, 9.17) is 4.52 Å². The van der Waals surface area contributed by atoms with Crippen molar-refractivity contribution in [1.29, 1.82) is 0 Å². The van der Waals surface area contributed by atoms with Crippen LogP contribution in [0.1, 0.15) is 19.2 Å². The smallest absolute Gasteiger partial charge is 0.242 e. The van der Waals surface area contributed by atoms with Crippen LogP contribution in [0.15, 0.2) is 40.0 Å². The van der Waals surface area contributed by atoms with E-state index >= 15 is 0 Å². The molecule has 114 valence electrons. The Kier molecular flexibility index (Phi) is 5.29. The van der Waals surface area contributed by atoms with Crippen LogP contribution in [0.25, 0.3) is 0 Å². The van der Waals surface area contributed by atoms with Crippen molar-refractivity contribution in [3.8, 4) is 0 Å². The first-order valence-electron chi connectivity index (χ1n) is 6.71. The molecule has 8 heteroatoms. The zero-order valence-electron chi connectivity index (χ0n) is 11.7. The summed E-state index contributed by atoms with van der Waals surface area (Å²) in [6.07, 6.45) is 2.60. The fourth-order valence-corrected chi connectivity index (χ4v) is 3.09. The summed E-state index contributed by atoms with van der Waals surface area (Å²) < 4.78 is 31.9. The fraction of sp³-hybridized carbons (Fsp3) is 0.385. The number of hydrogen-bond acceptors (Lipinski definition) is 6. The van der Waals surface area contributed by atoms with Crippen molar-refractivity contribution in [3.05, 3.63) is 36.5 Å². The Labute approximate surface area is 123 Å². The van der Waals surface area contributed by atoms with Crippen molar-refractivity contribution in [2.45, 2.75) is 24.7 Å². The van der Waals surface area contributed by atoms with Crippen LogP contribution >= 0.6 is 0 Å². The normalized spacial score (nSPS) is 11.5. The first kappa shape index (κ1) is 15.5. The van der Waals surface area contributed by atoms with Gasteiger partial charge < -0.3 is 9.84 Å². The Balaban J connectivity index is 2.06. The highest BCUT2D eigenvalue weighted by molar-refractivity contribution is 7.89. The molecule has 2 aromatic rings. The van der Waals surface area contributed by atoms with Gasteiger partial charge in [-0.15, -0.1) is 0 Å². The molecule has 0 aliphatic heterocycles. The average Bonchev–Trinajstić information content (AvgIpc) is 2.99. The molecule has 0 fully saturated rings. The second kappa shape index (κ2) is 7.19. The Hall–Kier alpha value is -1.93. The number of sulfonamides is 1. The van der Waals surface area contributed by atoms with Gasteiger partial charge in [-0.25, -0.2) is 13.1 Å². The van der Waals surface area contributed by atoms with Crippen molar-refractivity contribution in [1.82, 2.24) is 14.9 Å². The monoisotopic (exact) mass is 310 g/mol. The Morgan fingerprint density at radius 1 is 1.24 bits per heavy atom. The van der Waals surface area contributed by atoms with Gasteiger partial charge in [-0.1, -0.05) is 24.2 Å². The van der Waals surface area contributed by atoms with Crippen molar-refractivity contribution < 1.29 is 12.9 Å². The van der Waals surface area contributed by atoms with Crippen LogP contribution in [-0.4, -0.2) is 31.6 Å². The van der Waals surface area contributed by atoms with Crippen molar-refractivity contribution in [2.24, 2.45) is 0 Å². The molecule has 0 spiro atoms. The molecule has 0 saturated heterocycles. The molecular formula is C13H18N4O3S. The molecule has 0 atom stereocenters. The van der Waals surface area contributed by atoms with Crippen molar-refractivity contribution in [2.75, 3.05) is 18.4 Å². The van der Waals surface area contributed by atoms with Crippen LogP contribution in [0.2, 0.25) is 0 Å². The summed E-state index contributed by atoms with van der Waals surface area (Å²) in [5.41, 5.74) is 0.556. The highest BCUT2D eigenvalue weighted by atomic mass is 32.2. The molecule has 7 nitrogen and oxygen atoms in total. The highest BCUT2D eigenvalue weighted by Gasteiger charge is 2.17. The third-order valence-corrected chi connectivity index (χ3v) is 4.30. The molecule has 0 aliphatic rings. The molecule has 2 rings (SSSR count). The zero-order chi connectivity index (χ0) is 15.1.